The van der Waals surface area contributed by atoms with Crippen LogP contribution >= 0.6 is 0 Å². The first-order valence-corrected chi connectivity index (χ1v) is 11.8. The maximum Gasteiger partial charge on any atom is 0.190 e. The molecule has 0 saturated heterocycles. The fourth-order valence-corrected chi connectivity index (χ4v) is 8.28. The highest BCUT2D eigenvalue weighted by Crippen LogP contribution is 2.69. The Bertz CT molecular complexity index is 791. The van der Waals surface area contributed by atoms with Crippen molar-refractivity contribution in [2.75, 3.05) is 13.7 Å². The predicted octanol–water partition coefficient (Wildman–Crippen LogP) is 3.04. The zero-order valence-corrected chi connectivity index (χ0v) is 19.5. The van der Waals surface area contributed by atoms with Gasteiger partial charge < -0.3 is 19.7 Å². The van der Waals surface area contributed by atoms with Gasteiger partial charge in [0.15, 0.2) is 17.9 Å². The number of aliphatic hydroxyl groups is 2. The van der Waals surface area contributed by atoms with Gasteiger partial charge >= 0.3 is 0 Å². The zero-order chi connectivity index (χ0) is 22.8. The van der Waals surface area contributed by atoms with E-state index in [1.807, 2.05) is 6.08 Å². The summed E-state index contributed by atoms with van der Waals surface area (Å²) in [6.45, 7) is 7.69. The molecule has 174 valence electrons. The number of hydrogen-bond donors (Lipinski definition) is 2. The van der Waals surface area contributed by atoms with Gasteiger partial charge in [0.1, 0.15) is 12.2 Å². The summed E-state index contributed by atoms with van der Waals surface area (Å²) < 4.78 is 11.6. The minimum Gasteiger partial charge on any atom is -0.393 e. The van der Waals surface area contributed by atoms with E-state index in [-0.39, 0.29) is 40.7 Å². The Balaban J connectivity index is 1.77. The van der Waals surface area contributed by atoms with E-state index >= 15 is 0 Å². The van der Waals surface area contributed by atoms with Crippen LogP contribution < -0.4 is 0 Å². The van der Waals surface area contributed by atoms with E-state index in [1.54, 1.807) is 14.0 Å². The number of ketones is 2. The Morgan fingerprint density at radius 3 is 2.68 bits per heavy atom. The molecule has 0 bridgehead atoms. The maximum atomic E-state index is 13.1. The molecule has 0 heterocycles. The molecule has 3 unspecified atom stereocenters. The van der Waals surface area contributed by atoms with Crippen LogP contribution in [0.1, 0.15) is 66.2 Å². The molecule has 31 heavy (non-hydrogen) atoms. The van der Waals surface area contributed by atoms with Crippen molar-refractivity contribution >= 4 is 11.6 Å². The van der Waals surface area contributed by atoms with Gasteiger partial charge in [-0.1, -0.05) is 26.3 Å². The number of rotatable bonds is 5. The molecule has 3 saturated carbocycles. The third kappa shape index (κ3) is 3.12. The van der Waals surface area contributed by atoms with Gasteiger partial charge in [-0.15, -0.1) is 0 Å². The van der Waals surface area contributed by atoms with Crippen molar-refractivity contribution in [3.8, 4) is 0 Å². The largest absolute Gasteiger partial charge is 0.393 e. The van der Waals surface area contributed by atoms with Gasteiger partial charge in [-0.3, -0.25) is 9.59 Å². The summed E-state index contributed by atoms with van der Waals surface area (Å²) in [7, 11) is 1.55. The SMILES string of the molecule is COC(C)O[C@]1(C(=O)CO)CC[C@H]2[C@@H]3CC(C)C4=CC(=O)CC[C@]4(C)[C@H]3C(O)C[C@@]21C. The number of carbonyl (C=O) groups is 2. The molecule has 0 amide bonds. The number of ether oxygens (including phenoxy) is 2. The lowest BCUT2D eigenvalue weighted by Crippen LogP contribution is -2.64. The topological polar surface area (TPSA) is 93.1 Å². The van der Waals surface area contributed by atoms with Crippen LogP contribution in [0.25, 0.3) is 0 Å². The van der Waals surface area contributed by atoms with Crippen LogP contribution in [-0.2, 0) is 19.1 Å². The lowest BCUT2D eigenvalue weighted by atomic mass is 9.44. The fraction of sp³-hybridized carbons (Fsp3) is 0.840. The van der Waals surface area contributed by atoms with E-state index < -0.39 is 30.0 Å². The van der Waals surface area contributed by atoms with Gasteiger partial charge in [-0.2, -0.15) is 0 Å². The minimum absolute atomic E-state index is 0.0704. The second kappa shape index (κ2) is 7.75. The van der Waals surface area contributed by atoms with Crippen molar-refractivity contribution in [1.29, 1.82) is 0 Å². The first-order valence-electron chi connectivity index (χ1n) is 11.8. The highest BCUT2D eigenvalue weighted by molar-refractivity contribution is 5.92. The molecule has 0 spiro atoms. The first-order chi connectivity index (χ1) is 14.5. The van der Waals surface area contributed by atoms with Gasteiger partial charge in [0, 0.05) is 18.9 Å². The van der Waals surface area contributed by atoms with Crippen LogP contribution in [0.5, 0.6) is 0 Å². The zero-order valence-electron chi connectivity index (χ0n) is 19.5. The minimum atomic E-state index is -1.16. The molecule has 6 nitrogen and oxygen atoms in total. The number of hydrogen-bond acceptors (Lipinski definition) is 6. The molecule has 2 N–H and O–H groups in total. The normalized spacial score (nSPS) is 47.8. The highest BCUT2D eigenvalue weighted by Gasteiger charge is 2.70. The van der Waals surface area contributed by atoms with E-state index in [2.05, 4.69) is 20.8 Å². The number of carbonyl (C=O) groups excluding carboxylic acids is 2. The molecule has 3 fully saturated rings. The summed E-state index contributed by atoms with van der Waals surface area (Å²) in [5.41, 5.74) is -0.727. The van der Waals surface area contributed by atoms with Crippen molar-refractivity contribution in [2.24, 2.45) is 34.5 Å². The van der Waals surface area contributed by atoms with Gasteiger partial charge in [-0.25, -0.2) is 0 Å². The van der Waals surface area contributed by atoms with Crippen LogP contribution in [0, 0.1) is 34.5 Å². The van der Waals surface area contributed by atoms with Gasteiger partial charge in [0.2, 0.25) is 0 Å². The Morgan fingerprint density at radius 2 is 2.03 bits per heavy atom. The quantitative estimate of drug-likeness (QED) is 0.646. The highest BCUT2D eigenvalue weighted by atomic mass is 16.7. The summed E-state index contributed by atoms with van der Waals surface area (Å²) in [4.78, 5) is 25.3. The molecular weight excluding hydrogens is 396 g/mol. The molecule has 4 aliphatic rings. The molecule has 9 atom stereocenters. The molecular formula is C25H38O6. The van der Waals surface area contributed by atoms with Gasteiger partial charge in [0.05, 0.1) is 6.10 Å². The van der Waals surface area contributed by atoms with E-state index in [1.165, 1.54) is 5.57 Å². The summed E-state index contributed by atoms with van der Waals surface area (Å²) in [5, 5.41) is 21.4. The molecule has 6 heteroatoms. The Hall–Kier alpha value is -1.08. The fourth-order valence-electron chi connectivity index (χ4n) is 8.28. The standard InChI is InChI=1S/C25H38O6/c1-14-10-17-18-7-9-25(21(29)13-26,31-15(2)30-5)24(18,4)12-20(28)22(17)23(3)8-6-16(27)11-19(14)23/h11,14-15,17-18,20,22,26,28H,6-10,12-13H2,1-5H3/t14?,15?,17-,18-,20?,22+,23-,24-,25-/m0/s1. The van der Waals surface area contributed by atoms with Crippen LogP contribution in [0.4, 0.5) is 0 Å². The monoisotopic (exact) mass is 434 g/mol. The summed E-state index contributed by atoms with van der Waals surface area (Å²) >= 11 is 0. The number of methoxy groups -OCH3 is 1. The molecule has 0 aromatic heterocycles. The average molecular weight is 435 g/mol. The second-order valence-corrected chi connectivity index (χ2v) is 11.0. The van der Waals surface area contributed by atoms with E-state index in [9.17, 15) is 19.8 Å². The molecule has 4 aliphatic carbocycles. The number of aliphatic hydroxyl groups excluding tert-OH is 2. The number of fused-ring (bicyclic) bond motifs is 5. The van der Waals surface area contributed by atoms with E-state index in [0.717, 1.165) is 19.3 Å². The lowest BCUT2D eigenvalue weighted by molar-refractivity contribution is -0.244. The number of Topliss-reactive ketones (excluding diaryl/α,β-unsaturated/α-hetero) is 1. The average Bonchev–Trinajstić information content (AvgIpc) is 3.01. The Kier molecular flexibility index (Phi) is 5.78. The van der Waals surface area contributed by atoms with Crippen LogP contribution in [-0.4, -0.2) is 53.5 Å². The van der Waals surface area contributed by atoms with Crippen LogP contribution in [0.15, 0.2) is 11.6 Å². The van der Waals surface area contributed by atoms with Crippen molar-refractivity contribution in [1.82, 2.24) is 0 Å². The lowest BCUT2D eigenvalue weighted by Gasteiger charge is -2.62. The van der Waals surface area contributed by atoms with Gasteiger partial charge in [-0.05, 0) is 74.2 Å². The van der Waals surface area contributed by atoms with Crippen molar-refractivity contribution in [3.05, 3.63) is 11.6 Å². The smallest absolute Gasteiger partial charge is 0.190 e. The Morgan fingerprint density at radius 1 is 1.32 bits per heavy atom. The second-order valence-electron chi connectivity index (χ2n) is 11.0. The van der Waals surface area contributed by atoms with Crippen molar-refractivity contribution in [3.63, 3.8) is 0 Å². The number of allylic oxidation sites excluding steroid dienone is 1. The van der Waals surface area contributed by atoms with Crippen LogP contribution in [0.2, 0.25) is 0 Å². The molecule has 4 rings (SSSR count). The van der Waals surface area contributed by atoms with Crippen LogP contribution in [0.3, 0.4) is 0 Å². The first kappa shape index (κ1) is 23.1. The maximum absolute atomic E-state index is 13.1. The third-order valence-electron chi connectivity index (χ3n) is 9.63. The Labute approximate surface area is 185 Å². The van der Waals surface area contributed by atoms with E-state index in [0.29, 0.717) is 19.3 Å². The molecule has 0 aromatic carbocycles. The molecule has 0 aliphatic heterocycles. The summed E-state index contributed by atoms with van der Waals surface area (Å²) in [5.74, 6) is 0.676. The van der Waals surface area contributed by atoms with Crippen molar-refractivity contribution < 1.29 is 29.3 Å². The van der Waals surface area contributed by atoms with Gasteiger partial charge in [0.25, 0.3) is 0 Å². The summed E-state index contributed by atoms with van der Waals surface area (Å²) in [6, 6.07) is 0. The third-order valence-corrected chi connectivity index (χ3v) is 9.63. The van der Waals surface area contributed by atoms with Crippen molar-refractivity contribution in [2.45, 2.75) is 84.2 Å². The molecule has 0 radical (unpaired) electrons. The van der Waals surface area contributed by atoms with E-state index in [4.69, 9.17) is 9.47 Å². The predicted molar refractivity (Wildman–Crippen MR) is 115 cm³/mol. The molecule has 0 aromatic rings. The summed E-state index contributed by atoms with van der Waals surface area (Å²) in [6.07, 6.45) is 4.70.